The van der Waals surface area contributed by atoms with Gasteiger partial charge in [0.25, 0.3) is 11.6 Å². The van der Waals surface area contributed by atoms with Crippen LogP contribution in [-0.4, -0.2) is 29.9 Å². The third kappa shape index (κ3) is 3.29. The molecular formula is C17H16N4O3S. The smallest absolute Gasteiger partial charge is 0.293 e. The average Bonchev–Trinajstić information content (AvgIpc) is 2.98. The quantitative estimate of drug-likeness (QED) is 0.567. The number of nitro benzene ring substituents is 1. The van der Waals surface area contributed by atoms with Crippen LogP contribution in [0.15, 0.2) is 36.4 Å². The lowest BCUT2D eigenvalue weighted by molar-refractivity contribution is -0.384. The number of nitrogens with one attached hydrogen (secondary N) is 1. The third-order valence-electron chi connectivity index (χ3n) is 3.76. The van der Waals surface area contributed by atoms with Crippen molar-refractivity contribution in [3.63, 3.8) is 0 Å². The first-order chi connectivity index (χ1) is 11.9. The minimum Gasteiger partial charge on any atom is -0.372 e. The van der Waals surface area contributed by atoms with E-state index in [4.69, 9.17) is 0 Å². The number of hydrogen-bond acceptors (Lipinski definition) is 6. The SMILES string of the molecule is Cc1cccc2sc(NC(=O)c3ccc(N(C)C)c([N+](=O)[O-])c3)nc12. The van der Waals surface area contributed by atoms with Crippen LogP contribution in [-0.2, 0) is 0 Å². The van der Waals surface area contributed by atoms with E-state index in [1.165, 1.54) is 17.4 Å². The van der Waals surface area contributed by atoms with Crippen molar-refractivity contribution in [3.05, 3.63) is 57.6 Å². The normalized spacial score (nSPS) is 10.7. The van der Waals surface area contributed by atoms with E-state index in [2.05, 4.69) is 10.3 Å². The molecule has 0 aliphatic carbocycles. The molecule has 3 rings (SSSR count). The lowest BCUT2D eigenvalue weighted by Gasteiger charge is -2.13. The number of rotatable bonds is 4. The number of nitrogens with zero attached hydrogens (tertiary/aromatic N) is 3. The predicted molar refractivity (Wildman–Crippen MR) is 99.7 cm³/mol. The summed E-state index contributed by atoms with van der Waals surface area (Å²) >= 11 is 1.37. The highest BCUT2D eigenvalue weighted by molar-refractivity contribution is 7.22. The van der Waals surface area contributed by atoms with Crippen LogP contribution in [0, 0.1) is 17.0 Å². The van der Waals surface area contributed by atoms with E-state index in [1.807, 2.05) is 25.1 Å². The number of carbonyl (C=O) groups excluding carboxylic acids is 1. The van der Waals surface area contributed by atoms with E-state index in [0.717, 1.165) is 15.8 Å². The Hall–Kier alpha value is -3.00. The molecule has 0 aliphatic heterocycles. The molecule has 3 aromatic rings. The van der Waals surface area contributed by atoms with Gasteiger partial charge in [-0.2, -0.15) is 0 Å². The molecule has 25 heavy (non-hydrogen) atoms. The second-order valence-corrected chi connectivity index (χ2v) is 6.78. The molecule has 0 unspecified atom stereocenters. The maximum atomic E-state index is 12.5. The fourth-order valence-corrected chi connectivity index (χ4v) is 3.44. The van der Waals surface area contributed by atoms with Crippen molar-refractivity contribution in [2.24, 2.45) is 0 Å². The maximum absolute atomic E-state index is 12.5. The van der Waals surface area contributed by atoms with Crippen molar-refractivity contribution in [1.82, 2.24) is 4.98 Å². The van der Waals surface area contributed by atoms with E-state index in [9.17, 15) is 14.9 Å². The monoisotopic (exact) mass is 356 g/mol. The summed E-state index contributed by atoms with van der Waals surface area (Å²) in [5.41, 5.74) is 2.42. The van der Waals surface area contributed by atoms with Crippen LogP contribution >= 0.6 is 11.3 Å². The number of anilines is 2. The largest absolute Gasteiger partial charge is 0.372 e. The second-order valence-electron chi connectivity index (χ2n) is 5.75. The number of aryl methyl sites for hydroxylation is 1. The number of nitro groups is 1. The summed E-state index contributed by atoms with van der Waals surface area (Å²) in [5, 5.41) is 14.4. The molecule has 1 amide bonds. The van der Waals surface area contributed by atoms with Crippen molar-refractivity contribution in [3.8, 4) is 0 Å². The highest BCUT2D eigenvalue weighted by atomic mass is 32.1. The van der Waals surface area contributed by atoms with Crippen molar-refractivity contribution in [1.29, 1.82) is 0 Å². The number of hydrogen-bond donors (Lipinski definition) is 1. The molecule has 0 atom stereocenters. The van der Waals surface area contributed by atoms with Crippen LogP contribution in [0.25, 0.3) is 10.2 Å². The average molecular weight is 356 g/mol. The molecule has 0 saturated carbocycles. The van der Waals surface area contributed by atoms with E-state index in [1.54, 1.807) is 31.1 Å². The number of amides is 1. The molecule has 0 saturated heterocycles. The fraction of sp³-hybridized carbons (Fsp3) is 0.176. The summed E-state index contributed by atoms with van der Waals surface area (Å²) in [4.78, 5) is 29.3. The van der Waals surface area contributed by atoms with E-state index >= 15 is 0 Å². The van der Waals surface area contributed by atoms with E-state index in [-0.39, 0.29) is 11.3 Å². The topological polar surface area (TPSA) is 88.4 Å². The number of fused-ring (bicyclic) bond motifs is 1. The van der Waals surface area contributed by atoms with Gasteiger partial charge < -0.3 is 4.90 Å². The minimum absolute atomic E-state index is 0.113. The summed E-state index contributed by atoms with van der Waals surface area (Å²) in [5.74, 6) is -0.426. The summed E-state index contributed by atoms with van der Waals surface area (Å²) in [7, 11) is 3.43. The van der Waals surface area contributed by atoms with Crippen LogP contribution < -0.4 is 10.2 Å². The standard InChI is InChI=1S/C17H16N4O3S/c1-10-5-4-6-14-15(10)18-17(25-14)19-16(22)11-7-8-12(20(2)3)13(9-11)21(23)24/h4-9H,1-3H3,(H,18,19,22). The molecule has 128 valence electrons. The van der Waals surface area contributed by atoms with Crippen molar-refractivity contribution in [2.75, 3.05) is 24.3 Å². The molecular weight excluding hydrogens is 340 g/mol. The lowest BCUT2D eigenvalue weighted by Crippen LogP contribution is -2.14. The van der Waals surface area contributed by atoms with Crippen LogP contribution in [0.2, 0.25) is 0 Å². The fourth-order valence-electron chi connectivity index (χ4n) is 2.50. The number of thiazole rings is 1. The summed E-state index contributed by atoms with van der Waals surface area (Å²) < 4.78 is 0.976. The number of para-hydroxylation sites is 1. The molecule has 0 aliphatic rings. The minimum atomic E-state index is -0.493. The molecule has 0 spiro atoms. The Morgan fingerprint density at radius 2 is 2.04 bits per heavy atom. The van der Waals surface area contributed by atoms with Gasteiger partial charge in [-0.15, -0.1) is 0 Å². The molecule has 0 fully saturated rings. The van der Waals surface area contributed by atoms with Crippen LogP contribution in [0.4, 0.5) is 16.5 Å². The molecule has 0 radical (unpaired) electrons. The van der Waals surface area contributed by atoms with Crippen molar-refractivity contribution in [2.45, 2.75) is 6.92 Å². The Balaban J connectivity index is 1.91. The Labute approximate surface area is 148 Å². The number of benzene rings is 2. The molecule has 1 aromatic heterocycles. The van der Waals surface area contributed by atoms with Crippen molar-refractivity contribution >= 4 is 44.0 Å². The Morgan fingerprint density at radius 1 is 1.28 bits per heavy atom. The molecule has 7 nitrogen and oxygen atoms in total. The number of aromatic nitrogens is 1. The first-order valence-electron chi connectivity index (χ1n) is 7.50. The zero-order valence-corrected chi connectivity index (χ0v) is 14.8. The van der Waals surface area contributed by atoms with Gasteiger partial charge in [0.1, 0.15) is 5.69 Å². The van der Waals surface area contributed by atoms with E-state index < -0.39 is 10.8 Å². The molecule has 8 heteroatoms. The maximum Gasteiger partial charge on any atom is 0.293 e. The van der Waals surface area contributed by atoms with Gasteiger partial charge in [0.15, 0.2) is 5.13 Å². The van der Waals surface area contributed by atoms with Gasteiger partial charge in [0.05, 0.1) is 15.1 Å². The van der Waals surface area contributed by atoms with Gasteiger partial charge in [-0.3, -0.25) is 20.2 Å². The highest BCUT2D eigenvalue weighted by Crippen LogP contribution is 2.30. The predicted octanol–water partition coefficient (Wildman–Crippen LogP) is 3.83. The van der Waals surface area contributed by atoms with Crippen LogP contribution in [0.5, 0.6) is 0 Å². The van der Waals surface area contributed by atoms with Crippen LogP contribution in [0.3, 0.4) is 0 Å². The Bertz CT molecular complexity index is 981. The van der Waals surface area contributed by atoms with E-state index in [0.29, 0.717) is 10.8 Å². The lowest BCUT2D eigenvalue weighted by atomic mass is 10.1. The zero-order chi connectivity index (χ0) is 18.1. The van der Waals surface area contributed by atoms with Gasteiger partial charge in [0, 0.05) is 25.7 Å². The molecule has 1 heterocycles. The Kier molecular flexibility index (Phi) is 4.37. The second kappa shape index (κ2) is 6.48. The first-order valence-corrected chi connectivity index (χ1v) is 8.31. The Morgan fingerprint density at radius 3 is 2.68 bits per heavy atom. The van der Waals surface area contributed by atoms with Crippen molar-refractivity contribution < 1.29 is 9.72 Å². The first kappa shape index (κ1) is 16.8. The molecule has 2 aromatic carbocycles. The van der Waals surface area contributed by atoms with Crippen LogP contribution in [0.1, 0.15) is 15.9 Å². The molecule has 1 N–H and O–H groups in total. The molecule has 0 bridgehead atoms. The number of carbonyl (C=O) groups is 1. The van der Waals surface area contributed by atoms with Gasteiger partial charge in [-0.1, -0.05) is 23.5 Å². The third-order valence-corrected chi connectivity index (χ3v) is 4.69. The van der Waals surface area contributed by atoms with Gasteiger partial charge in [-0.25, -0.2) is 4.98 Å². The highest BCUT2D eigenvalue weighted by Gasteiger charge is 2.19. The summed E-state index contributed by atoms with van der Waals surface area (Å²) in [6.07, 6.45) is 0. The zero-order valence-electron chi connectivity index (χ0n) is 13.9. The van der Waals surface area contributed by atoms with Gasteiger partial charge >= 0.3 is 0 Å². The van der Waals surface area contributed by atoms with Gasteiger partial charge in [-0.05, 0) is 30.7 Å². The summed E-state index contributed by atoms with van der Waals surface area (Å²) in [6, 6.07) is 10.2. The van der Waals surface area contributed by atoms with Gasteiger partial charge in [0.2, 0.25) is 0 Å². The summed E-state index contributed by atoms with van der Waals surface area (Å²) in [6.45, 7) is 1.96.